The highest BCUT2D eigenvalue weighted by Crippen LogP contribution is 2.31. The maximum atomic E-state index is 3.87. The minimum atomic E-state index is 0.787. The van der Waals surface area contributed by atoms with Gasteiger partial charge in [0.05, 0.1) is 0 Å². The van der Waals surface area contributed by atoms with E-state index >= 15 is 0 Å². The summed E-state index contributed by atoms with van der Waals surface area (Å²) in [6.07, 6.45) is 7.07. The lowest BCUT2D eigenvalue weighted by molar-refractivity contribution is 0.273. The highest BCUT2D eigenvalue weighted by atomic mass is 32.2. The van der Waals surface area contributed by atoms with Gasteiger partial charge in [0.25, 0.3) is 0 Å². The summed E-state index contributed by atoms with van der Waals surface area (Å²) in [5.41, 5.74) is 0. The number of nitrogens with one attached hydrogen (secondary N) is 2. The summed E-state index contributed by atoms with van der Waals surface area (Å²) in [5.74, 6) is 3.57. The molecule has 0 spiro atoms. The van der Waals surface area contributed by atoms with Gasteiger partial charge in [-0.25, -0.2) is 0 Å². The van der Waals surface area contributed by atoms with Crippen LogP contribution in [0.5, 0.6) is 0 Å². The largest absolute Gasteiger partial charge is 0.314 e. The fraction of sp³-hybridized carbons (Fsp3) is 1.00. The molecule has 2 aliphatic heterocycles. The lowest BCUT2D eigenvalue weighted by Crippen LogP contribution is -2.45. The summed E-state index contributed by atoms with van der Waals surface area (Å²) in [6.45, 7) is 6.29. The van der Waals surface area contributed by atoms with Crippen LogP contribution in [0.3, 0.4) is 0 Å². The van der Waals surface area contributed by atoms with E-state index in [9.17, 15) is 0 Å². The van der Waals surface area contributed by atoms with Gasteiger partial charge in [-0.2, -0.15) is 11.8 Å². The molecule has 0 radical (unpaired) electrons. The molecule has 4 heteroatoms. The van der Waals surface area contributed by atoms with Crippen LogP contribution in [0, 0.1) is 5.92 Å². The van der Waals surface area contributed by atoms with Gasteiger partial charge >= 0.3 is 0 Å². The molecule has 2 saturated heterocycles. The molecule has 3 fully saturated rings. The van der Waals surface area contributed by atoms with Gasteiger partial charge in [-0.15, -0.1) is 0 Å². The molecule has 1 saturated carbocycles. The zero-order chi connectivity index (χ0) is 12.9. The zero-order valence-corrected chi connectivity index (χ0v) is 12.9. The third kappa shape index (κ3) is 3.87. The molecule has 3 atom stereocenters. The monoisotopic (exact) mass is 283 g/mol. The normalized spacial score (nSPS) is 36.9. The van der Waals surface area contributed by atoms with Crippen molar-refractivity contribution in [3.63, 3.8) is 0 Å². The fourth-order valence-corrected chi connectivity index (χ4v) is 5.01. The van der Waals surface area contributed by atoms with Crippen LogP contribution in [0.25, 0.3) is 0 Å². The number of rotatable bonds is 5. The van der Waals surface area contributed by atoms with Gasteiger partial charge in [0.15, 0.2) is 0 Å². The van der Waals surface area contributed by atoms with E-state index < -0.39 is 0 Å². The molecule has 0 aromatic carbocycles. The first kappa shape index (κ1) is 14.2. The first-order chi connectivity index (χ1) is 9.43. The Hall–Kier alpha value is 0.230. The van der Waals surface area contributed by atoms with Crippen LogP contribution in [0.1, 0.15) is 32.1 Å². The Balaban J connectivity index is 1.38. The minimum absolute atomic E-state index is 0.787. The van der Waals surface area contributed by atoms with Crippen molar-refractivity contribution < 1.29 is 0 Å². The molecule has 3 nitrogen and oxygen atoms in total. The summed E-state index contributed by atoms with van der Waals surface area (Å²) in [7, 11) is 0. The van der Waals surface area contributed by atoms with Gasteiger partial charge in [-0.1, -0.05) is 6.42 Å². The molecule has 0 aromatic heterocycles. The SMILES string of the molecule is C1CNC(C2CCCC2NCCN2CCSCC2)C1. The van der Waals surface area contributed by atoms with Gasteiger partial charge in [-0.3, -0.25) is 0 Å². The molecule has 19 heavy (non-hydrogen) atoms. The van der Waals surface area contributed by atoms with Gasteiger partial charge in [0.1, 0.15) is 0 Å². The third-order valence-electron chi connectivity index (χ3n) is 5.12. The summed E-state index contributed by atoms with van der Waals surface area (Å²) in [4.78, 5) is 2.63. The van der Waals surface area contributed by atoms with Crippen molar-refractivity contribution in [1.29, 1.82) is 0 Å². The van der Waals surface area contributed by atoms with E-state index in [2.05, 4.69) is 27.3 Å². The van der Waals surface area contributed by atoms with Crippen molar-refractivity contribution in [1.82, 2.24) is 15.5 Å². The maximum Gasteiger partial charge on any atom is 0.0111 e. The van der Waals surface area contributed by atoms with Crippen LogP contribution >= 0.6 is 11.8 Å². The molecule has 3 aliphatic rings. The number of hydrogen-bond acceptors (Lipinski definition) is 4. The number of hydrogen-bond donors (Lipinski definition) is 2. The van der Waals surface area contributed by atoms with Crippen LogP contribution in [0.4, 0.5) is 0 Å². The van der Waals surface area contributed by atoms with Crippen LogP contribution in [0.15, 0.2) is 0 Å². The predicted octanol–water partition coefficient (Wildman–Crippen LogP) is 1.55. The molecule has 0 aromatic rings. The quantitative estimate of drug-likeness (QED) is 0.800. The molecule has 0 bridgehead atoms. The topological polar surface area (TPSA) is 27.3 Å². The second kappa shape index (κ2) is 7.30. The van der Waals surface area contributed by atoms with Gasteiger partial charge in [0, 0.05) is 49.8 Å². The van der Waals surface area contributed by atoms with E-state index in [0.717, 1.165) is 18.0 Å². The second-order valence-corrected chi connectivity index (χ2v) is 7.54. The summed E-state index contributed by atoms with van der Waals surface area (Å²) in [5, 5.41) is 7.58. The van der Waals surface area contributed by atoms with Crippen molar-refractivity contribution >= 4 is 11.8 Å². The van der Waals surface area contributed by atoms with Crippen molar-refractivity contribution in [2.45, 2.75) is 44.2 Å². The van der Waals surface area contributed by atoms with E-state index in [1.165, 1.54) is 76.3 Å². The van der Waals surface area contributed by atoms with Crippen LogP contribution in [-0.2, 0) is 0 Å². The highest BCUT2D eigenvalue weighted by molar-refractivity contribution is 7.99. The van der Waals surface area contributed by atoms with Crippen molar-refractivity contribution in [3.05, 3.63) is 0 Å². The van der Waals surface area contributed by atoms with E-state index in [1.54, 1.807) is 0 Å². The Labute approximate surface area is 122 Å². The summed E-state index contributed by atoms with van der Waals surface area (Å²) >= 11 is 2.10. The van der Waals surface area contributed by atoms with Gasteiger partial charge in [0.2, 0.25) is 0 Å². The predicted molar refractivity (Wildman–Crippen MR) is 83.9 cm³/mol. The number of nitrogens with zero attached hydrogens (tertiary/aromatic N) is 1. The number of thioether (sulfide) groups is 1. The van der Waals surface area contributed by atoms with Crippen molar-refractivity contribution in [2.75, 3.05) is 44.2 Å². The van der Waals surface area contributed by atoms with Crippen molar-refractivity contribution in [3.8, 4) is 0 Å². The van der Waals surface area contributed by atoms with E-state index in [0.29, 0.717) is 0 Å². The fourth-order valence-electron chi connectivity index (χ4n) is 4.03. The van der Waals surface area contributed by atoms with Crippen LogP contribution in [0.2, 0.25) is 0 Å². The highest BCUT2D eigenvalue weighted by Gasteiger charge is 2.34. The van der Waals surface area contributed by atoms with Gasteiger partial charge < -0.3 is 15.5 Å². The molecule has 0 amide bonds. The Kier molecular flexibility index (Phi) is 5.45. The smallest absolute Gasteiger partial charge is 0.0111 e. The molecule has 3 unspecified atom stereocenters. The molecule has 1 aliphatic carbocycles. The maximum absolute atomic E-state index is 3.87. The average Bonchev–Trinajstić information content (AvgIpc) is 3.10. The van der Waals surface area contributed by atoms with E-state index in [1.807, 2.05) is 0 Å². The second-order valence-electron chi connectivity index (χ2n) is 6.31. The lowest BCUT2D eigenvalue weighted by atomic mass is 9.93. The van der Waals surface area contributed by atoms with Crippen molar-refractivity contribution in [2.24, 2.45) is 5.92 Å². The standard InChI is InChI=1S/C15H29N3S/c1-3-13(15-5-2-6-16-15)14(4-1)17-7-8-18-9-11-19-12-10-18/h13-17H,1-12H2. The first-order valence-electron chi connectivity index (χ1n) is 8.20. The molecule has 2 heterocycles. The molecular weight excluding hydrogens is 254 g/mol. The molecular formula is C15H29N3S. The van der Waals surface area contributed by atoms with E-state index in [4.69, 9.17) is 0 Å². The molecule has 110 valence electrons. The Morgan fingerprint density at radius 1 is 1.11 bits per heavy atom. The zero-order valence-electron chi connectivity index (χ0n) is 12.1. The van der Waals surface area contributed by atoms with Gasteiger partial charge in [-0.05, 0) is 38.1 Å². The molecule has 2 N–H and O–H groups in total. The third-order valence-corrected chi connectivity index (χ3v) is 6.07. The van der Waals surface area contributed by atoms with Crippen LogP contribution in [-0.4, -0.2) is 61.2 Å². The summed E-state index contributed by atoms with van der Waals surface area (Å²) in [6, 6.07) is 1.60. The Bertz CT molecular complexity index is 262. The first-order valence-corrected chi connectivity index (χ1v) is 9.36. The Morgan fingerprint density at radius 2 is 2.00 bits per heavy atom. The summed E-state index contributed by atoms with van der Waals surface area (Å²) < 4.78 is 0. The Morgan fingerprint density at radius 3 is 2.79 bits per heavy atom. The molecule has 3 rings (SSSR count). The minimum Gasteiger partial charge on any atom is -0.314 e. The van der Waals surface area contributed by atoms with Crippen LogP contribution < -0.4 is 10.6 Å². The lowest BCUT2D eigenvalue weighted by Gasteiger charge is -2.29. The average molecular weight is 283 g/mol. The van der Waals surface area contributed by atoms with E-state index in [-0.39, 0.29) is 0 Å².